The highest BCUT2D eigenvalue weighted by molar-refractivity contribution is 5.07. The van der Waals surface area contributed by atoms with Gasteiger partial charge in [0.05, 0.1) is 6.10 Å². The fourth-order valence-electron chi connectivity index (χ4n) is 1.83. The van der Waals surface area contributed by atoms with E-state index in [1.807, 2.05) is 18.3 Å². The molecule has 0 aliphatic rings. The first-order valence-corrected chi connectivity index (χ1v) is 5.60. The normalized spacial score (nSPS) is 15.4. The van der Waals surface area contributed by atoms with Crippen LogP contribution >= 0.6 is 0 Å². The summed E-state index contributed by atoms with van der Waals surface area (Å²) < 4.78 is 0. The summed E-state index contributed by atoms with van der Waals surface area (Å²) in [5.41, 5.74) is 0.952. The van der Waals surface area contributed by atoms with Crippen molar-refractivity contribution in [3.63, 3.8) is 0 Å². The SMILES string of the molecule is CCCCC(CC)C(O)c1ccc[nH]1. The number of hydrogen-bond acceptors (Lipinski definition) is 1. The molecule has 2 heteroatoms. The molecule has 0 bridgehead atoms. The van der Waals surface area contributed by atoms with Gasteiger partial charge in [-0.15, -0.1) is 0 Å². The van der Waals surface area contributed by atoms with Crippen LogP contribution in [-0.4, -0.2) is 10.1 Å². The van der Waals surface area contributed by atoms with Crippen LogP contribution in [0.1, 0.15) is 51.3 Å². The average molecular weight is 195 g/mol. The molecular formula is C12H21NO. The highest BCUT2D eigenvalue weighted by atomic mass is 16.3. The van der Waals surface area contributed by atoms with Crippen molar-refractivity contribution in [3.8, 4) is 0 Å². The first kappa shape index (κ1) is 11.3. The number of aliphatic hydroxyl groups excluding tert-OH is 1. The van der Waals surface area contributed by atoms with Crippen LogP contribution in [0.4, 0.5) is 0 Å². The molecule has 1 aromatic rings. The summed E-state index contributed by atoms with van der Waals surface area (Å²) in [7, 11) is 0. The van der Waals surface area contributed by atoms with E-state index in [1.54, 1.807) is 0 Å². The number of rotatable bonds is 6. The van der Waals surface area contributed by atoms with Crippen LogP contribution in [0.25, 0.3) is 0 Å². The molecule has 0 amide bonds. The highest BCUT2D eigenvalue weighted by Crippen LogP contribution is 2.27. The molecule has 0 spiro atoms. The van der Waals surface area contributed by atoms with Gasteiger partial charge in [0.25, 0.3) is 0 Å². The van der Waals surface area contributed by atoms with Gasteiger partial charge in [-0.05, 0) is 24.5 Å². The van der Waals surface area contributed by atoms with Crippen molar-refractivity contribution >= 4 is 0 Å². The molecule has 2 nitrogen and oxygen atoms in total. The molecule has 0 aliphatic heterocycles. The standard InChI is InChI=1S/C12H21NO/c1-3-5-7-10(4-2)12(14)11-8-6-9-13-11/h6,8-10,12-14H,3-5,7H2,1-2H3. The number of unbranched alkanes of at least 4 members (excludes halogenated alkanes) is 1. The van der Waals surface area contributed by atoms with Crippen LogP contribution in [0.2, 0.25) is 0 Å². The monoisotopic (exact) mass is 195 g/mol. The predicted molar refractivity (Wildman–Crippen MR) is 59.1 cm³/mol. The third-order valence-corrected chi connectivity index (χ3v) is 2.84. The van der Waals surface area contributed by atoms with E-state index in [9.17, 15) is 5.11 Å². The fraction of sp³-hybridized carbons (Fsp3) is 0.667. The van der Waals surface area contributed by atoms with Crippen LogP contribution in [-0.2, 0) is 0 Å². The molecular weight excluding hydrogens is 174 g/mol. The van der Waals surface area contributed by atoms with Gasteiger partial charge in [0, 0.05) is 11.9 Å². The lowest BCUT2D eigenvalue weighted by Gasteiger charge is -2.20. The topological polar surface area (TPSA) is 36.0 Å². The number of aromatic nitrogens is 1. The largest absolute Gasteiger partial charge is 0.387 e. The third kappa shape index (κ3) is 2.88. The zero-order valence-electron chi connectivity index (χ0n) is 9.16. The lowest BCUT2D eigenvalue weighted by molar-refractivity contribution is 0.0954. The van der Waals surface area contributed by atoms with Crippen LogP contribution in [0.15, 0.2) is 18.3 Å². The second kappa shape index (κ2) is 5.86. The minimum Gasteiger partial charge on any atom is -0.387 e. The summed E-state index contributed by atoms with van der Waals surface area (Å²) >= 11 is 0. The Hall–Kier alpha value is -0.760. The Labute approximate surface area is 86.4 Å². The van der Waals surface area contributed by atoms with Gasteiger partial charge in [-0.3, -0.25) is 0 Å². The average Bonchev–Trinajstić information content (AvgIpc) is 2.71. The minimum absolute atomic E-state index is 0.318. The summed E-state index contributed by atoms with van der Waals surface area (Å²) in [6.07, 6.45) is 6.12. The van der Waals surface area contributed by atoms with Crippen molar-refractivity contribution in [2.45, 2.75) is 45.6 Å². The lowest BCUT2D eigenvalue weighted by atomic mass is 9.92. The van der Waals surface area contributed by atoms with E-state index in [4.69, 9.17) is 0 Å². The number of hydrogen-bond donors (Lipinski definition) is 2. The Morgan fingerprint density at radius 1 is 1.43 bits per heavy atom. The number of aromatic amines is 1. The molecule has 0 radical (unpaired) electrons. The fourth-order valence-corrected chi connectivity index (χ4v) is 1.83. The Morgan fingerprint density at radius 2 is 2.21 bits per heavy atom. The van der Waals surface area contributed by atoms with Crippen molar-refractivity contribution in [2.75, 3.05) is 0 Å². The summed E-state index contributed by atoms with van der Waals surface area (Å²) in [4.78, 5) is 3.08. The van der Waals surface area contributed by atoms with Crippen molar-refractivity contribution in [3.05, 3.63) is 24.0 Å². The predicted octanol–water partition coefficient (Wildman–Crippen LogP) is 3.26. The zero-order chi connectivity index (χ0) is 10.4. The number of H-pyrrole nitrogens is 1. The van der Waals surface area contributed by atoms with Gasteiger partial charge in [0.2, 0.25) is 0 Å². The number of nitrogens with one attached hydrogen (secondary N) is 1. The van der Waals surface area contributed by atoms with Crippen LogP contribution in [0.3, 0.4) is 0 Å². The van der Waals surface area contributed by atoms with E-state index >= 15 is 0 Å². The molecule has 0 aromatic carbocycles. The maximum Gasteiger partial charge on any atom is 0.0965 e. The van der Waals surface area contributed by atoms with Crippen LogP contribution < -0.4 is 0 Å². The Balaban J connectivity index is 2.51. The molecule has 1 aromatic heterocycles. The summed E-state index contributed by atoms with van der Waals surface area (Å²) in [6, 6.07) is 3.89. The summed E-state index contributed by atoms with van der Waals surface area (Å²) in [6.45, 7) is 4.33. The first-order valence-electron chi connectivity index (χ1n) is 5.60. The van der Waals surface area contributed by atoms with Gasteiger partial charge >= 0.3 is 0 Å². The van der Waals surface area contributed by atoms with E-state index in [2.05, 4.69) is 18.8 Å². The van der Waals surface area contributed by atoms with E-state index in [0.29, 0.717) is 5.92 Å². The Kier molecular flexibility index (Phi) is 4.74. The van der Waals surface area contributed by atoms with E-state index < -0.39 is 0 Å². The highest BCUT2D eigenvalue weighted by Gasteiger charge is 2.18. The first-order chi connectivity index (χ1) is 6.79. The van der Waals surface area contributed by atoms with Crippen molar-refractivity contribution < 1.29 is 5.11 Å². The molecule has 0 saturated carbocycles. The molecule has 14 heavy (non-hydrogen) atoms. The smallest absolute Gasteiger partial charge is 0.0965 e. The Bertz CT molecular complexity index is 230. The van der Waals surface area contributed by atoms with E-state index in [0.717, 1.165) is 18.5 Å². The molecule has 0 aliphatic carbocycles. The van der Waals surface area contributed by atoms with Crippen LogP contribution in [0.5, 0.6) is 0 Å². The van der Waals surface area contributed by atoms with Crippen molar-refractivity contribution in [2.24, 2.45) is 5.92 Å². The van der Waals surface area contributed by atoms with E-state index in [-0.39, 0.29) is 6.10 Å². The molecule has 2 N–H and O–H groups in total. The molecule has 80 valence electrons. The maximum absolute atomic E-state index is 10.1. The molecule has 0 saturated heterocycles. The van der Waals surface area contributed by atoms with Gasteiger partial charge < -0.3 is 10.1 Å². The summed E-state index contributed by atoms with van der Waals surface area (Å²) in [5, 5.41) is 10.1. The second-order valence-electron chi connectivity index (χ2n) is 3.88. The van der Waals surface area contributed by atoms with Gasteiger partial charge in [-0.1, -0.05) is 33.1 Å². The minimum atomic E-state index is -0.318. The third-order valence-electron chi connectivity index (χ3n) is 2.84. The lowest BCUT2D eigenvalue weighted by Crippen LogP contribution is -2.12. The van der Waals surface area contributed by atoms with Crippen molar-refractivity contribution in [1.29, 1.82) is 0 Å². The van der Waals surface area contributed by atoms with Gasteiger partial charge in [0.15, 0.2) is 0 Å². The maximum atomic E-state index is 10.1. The van der Waals surface area contributed by atoms with Crippen molar-refractivity contribution in [1.82, 2.24) is 4.98 Å². The number of aliphatic hydroxyl groups is 1. The molecule has 2 unspecified atom stereocenters. The quantitative estimate of drug-likeness (QED) is 0.718. The second-order valence-corrected chi connectivity index (χ2v) is 3.88. The molecule has 2 atom stereocenters. The van der Waals surface area contributed by atoms with Crippen LogP contribution in [0, 0.1) is 5.92 Å². The van der Waals surface area contributed by atoms with Gasteiger partial charge in [-0.25, -0.2) is 0 Å². The Morgan fingerprint density at radius 3 is 2.71 bits per heavy atom. The summed E-state index contributed by atoms with van der Waals surface area (Å²) in [5.74, 6) is 0.397. The zero-order valence-corrected chi connectivity index (χ0v) is 9.16. The molecule has 1 heterocycles. The molecule has 1 rings (SSSR count). The van der Waals surface area contributed by atoms with Gasteiger partial charge in [-0.2, -0.15) is 0 Å². The van der Waals surface area contributed by atoms with Gasteiger partial charge in [0.1, 0.15) is 0 Å². The van der Waals surface area contributed by atoms with E-state index in [1.165, 1.54) is 12.8 Å². The molecule has 0 fully saturated rings.